The van der Waals surface area contributed by atoms with Crippen molar-refractivity contribution in [3.63, 3.8) is 0 Å². The minimum atomic E-state index is -4.42. The molecule has 3 rings (SSSR count). The maximum Gasteiger partial charge on any atom is 0.328 e. The molecule has 0 aliphatic rings. The number of hydrogen-bond donors (Lipinski definition) is 1. The van der Waals surface area contributed by atoms with Gasteiger partial charge in [0.2, 0.25) is 0 Å². The number of aromatic nitrogens is 2. The molecule has 2 aromatic carbocycles. The third kappa shape index (κ3) is 3.34. The lowest BCUT2D eigenvalue weighted by molar-refractivity contribution is 0.293. The first kappa shape index (κ1) is 16.3. The van der Waals surface area contributed by atoms with Crippen LogP contribution in [0, 0.1) is 0 Å². The molecule has 1 heterocycles. The summed E-state index contributed by atoms with van der Waals surface area (Å²) in [7, 11) is -2.84. The fraction of sp³-hybridized carbons (Fsp3) is 0.188. The predicted octanol–water partition coefficient (Wildman–Crippen LogP) is 2.37. The number of benzene rings is 2. The van der Waals surface area contributed by atoms with E-state index in [4.69, 9.17) is 9.47 Å². The minimum absolute atomic E-state index is 0.217. The molecule has 0 unspecified atom stereocenters. The Hall–Kier alpha value is -2.58. The second-order valence-electron chi connectivity index (χ2n) is 5.03. The summed E-state index contributed by atoms with van der Waals surface area (Å²) in [5, 5.41) is -0.387. The SMILES string of the molecule is COc1ccc(OCCn2c(S(=O)(=O)O)nc3ccccc32)cc1. The molecule has 1 aromatic heterocycles. The lowest BCUT2D eigenvalue weighted by Gasteiger charge is -2.10. The summed E-state index contributed by atoms with van der Waals surface area (Å²) < 4.78 is 44.6. The zero-order chi connectivity index (χ0) is 17.2. The molecule has 0 fully saturated rings. The molecule has 0 aliphatic carbocycles. The molecule has 0 spiro atoms. The van der Waals surface area contributed by atoms with Gasteiger partial charge in [0.25, 0.3) is 5.16 Å². The van der Waals surface area contributed by atoms with Crippen LogP contribution >= 0.6 is 0 Å². The predicted molar refractivity (Wildman–Crippen MR) is 88.0 cm³/mol. The Morgan fingerprint density at radius 3 is 2.42 bits per heavy atom. The first-order chi connectivity index (χ1) is 11.5. The Balaban J connectivity index is 1.81. The molecule has 0 saturated carbocycles. The maximum atomic E-state index is 11.5. The van der Waals surface area contributed by atoms with E-state index in [-0.39, 0.29) is 18.3 Å². The van der Waals surface area contributed by atoms with Crippen LogP contribution < -0.4 is 9.47 Å². The molecule has 0 amide bonds. The quantitative estimate of drug-likeness (QED) is 0.688. The van der Waals surface area contributed by atoms with Crippen molar-refractivity contribution in [3.8, 4) is 11.5 Å². The molecule has 0 bridgehead atoms. The van der Waals surface area contributed by atoms with Gasteiger partial charge in [-0.25, -0.2) is 4.98 Å². The molecular weight excluding hydrogens is 332 g/mol. The third-order valence-electron chi connectivity index (χ3n) is 3.49. The number of para-hydroxylation sites is 2. The zero-order valence-corrected chi connectivity index (χ0v) is 13.7. The fourth-order valence-electron chi connectivity index (χ4n) is 2.39. The third-order valence-corrected chi connectivity index (χ3v) is 4.27. The first-order valence-electron chi connectivity index (χ1n) is 7.18. The van der Waals surface area contributed by atoms with Crippen LogP contribution in [-0.4, -0.2) is 36.2 Å². The summed E-state index contributed by atoms with van der Waals surface area (Å²) in [5.41, 5.74) is 1.11. The molecule has 3 aromatic rings. The van der Waals surface area contributed by atoms with Crippen molar-refractivity contribution >= 4 is 21.2 Å². The van der Waals surface area contributed by atoms with Gasteiger partial charge in [0.05, 0.1) is 24.7 Å². The van der Waals surface area contributed by atoms with Crippen molar-refractivity contribution < 1.29 is 22.4 Å². The monoisotopic (exact) mass is 348 g/mol. The van der Waals surface area contributed by atoms with Gasteiger partial charge in [0, 0.05) is 0 Å². The normalized spacial score (nSPS) is 11.6. The van der Waals surface area contributed by atoms with Gasteiger partial charge < -0.3 is 14.0 Å². The lowest BCUT2D eigenvalue weighted by Crippen LogP contribution is -2.14. The molecule has 0 saturated heterocycles. The van der Waals surface area contributed by atoms with E-state index in [2.05, 4.69) is 4.98 Å². The molecular formula is C16H16N2O5S. The van der Waals surface area contributed by atoms with Crippen molar-refractivity contribution in [2.24, 2.45) is 0 Å². The van der Waals surface area contributed by atoms with Gasteiger partial charge in [-0.15, -0.1) is 0 Å². The van der Waals surface area contributed by atoms with Crippen molar-refractivity contribution in [2.45, 2.75) is 11.7 Å². The Morgan fingerprint density at radius 2 is 1.75 bits per heavy atom. The van der Waals surface area contributed by atoms with E-state index in [0.717, 1.165) is 5.75 Å². The summed E-state index contributed by atoms with van der Waals surface area (Å²) in [6.45, 7) is 0.441. The van der Waals surface area contributed by atoms with E-state index >= 15 is 0 Å². The van der Waals surface area contributed by atoms with Crippen LogP contribution in [0.25, 0.3) is 11.0 Å². The van der Waals surface area contributed by atoms with Crippen LogP contribution in [0.2, 0.25) is 0 Å². The summed E-state index contributed by atoms with van der Waals surface area (Å²) in [6.07, 6.45) is 0. The second kappa shape index (κ2) is 6.50. The van der Waals surface area contributed by atoms with Gasteiger partial charge in [0.1, 0.15) is 18.1 Å². The Labute approximate surface area is 139 Å². The Bertz CT molecular complexity index is 948. The fourth-order valence-corrected chi connectivity index (χ4v) is 3.08. The molecule has 0 radical (unpaired) electrons. The van der Waals surface area contributed by atoms with Gasteiger partial charge in [-0.05, 0) is 36.4 Å². The van der Waals surface area contributed by atoms with E-state index in [1.54, 1.807) is 55.6 Å². The van der Waals surface area contributed by atoms with Crippen LogP contribution in [0.3, 0.4) is 0 Å². The minimum Gasteiger partial charge on any atom is -0.497 e. The number of methoxy groups -OCH3 is 1. The summed E-state index contributed by atoms with van der Waals surface area (Å²) in [6, 6.07) is 14.0. The molecule has 8 heteroatoms. The van der Waals surface area contributed by atoms with Crippen LogP contribution in [0.1, 0.15) is 0 Å². The Kier molecular flexibility index (Phi) is 4.41. The van der Waals surface area contributed by atoms with E-state index in [0.29, 0.717) is 16.8 Å². The second-order valence-corrected chi connectivity index (χ2v) is 6.35. The molecule has 126 valence electrons. The highest BCUT2D eigenvalue weighted by Gasteiger charge is 2.21. The smallest absolute Gasteiger partial charge is 0.328 e. The van der Waals surface area contributed by atoms with Crippen LogP contribution in [0.5, 0.6) is 11.5 Å². The van der Waals surface area contributed by atoms with Crippen LogP contribution in [0.4, 0.5) is 0 Å². The summed E-state index contributed by atoms with van der Waals surface area (Å²) in [5.74, 6) is 1.35. The van der Waals surface area contributed by atoms with Gasteiger partial charge in [-0.1, -0.05) is 12.1 Å². The summed E-state index contributed by atoms with van der Waals surface area (Å²) in [4.78, 5) is 3.99. The molecule has 0 aliphatic heterocycles. The van der Waals surface area contributed by atoms with Crippen molar-refractivity contribution in [3.05, 3.63) is 48.5 Å². The largest absolute Gasteiger partial charge is 0.497 e. The average molecular weight is 348 g/mol. The Morgan fingerprint density at radius 1 is 1.08 bits per heavy atom. The van der Waals surface area contributed by atoms with E-state index in [9.17, 15) is 13.0 Å². The van der Waals surface area contributed by atoms with Gasteiger partial charge in [0.15, 0.2) is 0 Å². The number of ether oxygens (including phenoxy) is 2. The van der Waals surface area contributed by atoms with Gasteiger partial charge in [-0.2, -0.15) is 8.42 Å². The van der Waals surface area contributed by atoms with E-state index < -0.39 is 10.1 Å². The first-order valence-corrected chi connectivity index (χ1v) is 8.62. The van der Waals surface area contributed by atoms with E-state index in [1.165, 1.54) is 4.57 Å². The topological polar surface area (TPSA) is 90.7 Å². The van der Waals surface area contributed by atoms with Crippen molar-refractivity contribution in [1.82, 2.24) is 9.55 Å². The zero-order valence-electron chi connectivity index (χ0n) is 12.9. The van der Waals surface area contributed by atoms with Crippen molar-refractivity contribution in [2.75, 3.05) is 13.7 Å². The molecule has 24 heavy (non-hydrogen) atoms. The van der Waals surface area contributed by atoms with Gasteiger partial charge >= 0.3 is 10.1 Å². The number of fused-ring (bicyclic) bond motifs is 1. The highest BCUT2D eigenvalue weighted by molar-refractivity contribution is 7.85. The standard InChI is InChI=1S/C16H16N2O5S/c1-22-12-6-8-13(9-7-12)23-11-10-18-15-5-3-2-4-14(15)17-16(18)24(19,20)21/h2-9H,10-11H2,1H3,(H,19,20,21). The highest BCUT2D eigenvalue weighted by Crippen LogP contribution is 2.20. The van der Waals surface area contributed by atoms with Crippen molar-refractivity contribution in [1.29, 1.82) is 0 Å². The summed E-state index contributed by atoms with van der Waals surface area (Å²) >= 11 is 0. The van der Waals surface area contributed by atoms with Crippen LogP contribution in [0.15, 0.2) is 53.7 Å². The van der Waals surface area contributed by atoms with Gasteiger partial charge in [-0.3, -0.25) is 4.55 Å². The number of nitrogens with zero attached hydrogens (tertiary/aromatic N) is 2. The number of rotatable bonds is 6. The van der Waals surface area contributed by atoms with E-state index in [1.807, 2.05) is 0 Å². The number of imidazole rings is 1. The molecule has 1 N–H and O–H groups in total. The number of hydrogen-bond acceptors (Lipinski definition) is 5. The maximum absolute atomic E-state index is 11.5. The lowest BCUT2D eigenvalue weighted by atomic mass is 10.3. The van der Waals surface area contributed by atoms with Crippen LogP contribution in [-0.2, 0) is 16.7 Å². The average Bonchev–Trinajstić information content (AvgIpc) is 2.95. The molecule has 7 nitrogen and oxygen atoms in total. The molecule has 0 atom stereocenters. The highest BCUT2D eigenvalue weighted by atomic mass is 32.2.